The molecule has 2 atom stereocenters. The maximum absolute atomic E-state index is 11.0. The molecule has 2 rings (SSSR count). The van der Waals surface area contributed by atoms with E-state index in [1.807, 2.05) is 0 Å². The van der Waals surface area contributed by atoms with Gasteiger partial charge in [0.25, 0.3) is 0 Å². The summed E-state index contributed by atoms with van der Waals surface area (Å²) in [6.45, 7) is 1.11. The lowest BCUT2D eigenvalue weighted by molar-refractivity contribution is -0.140. The number of ether oxygens (including phenoxy) is 1. The number of carbonyl (C=O) groups is 1. The second kappa shape index (κ2) is 5.83. The largest absolute Gasteiger partial charge is 0.480 e. The van der Waals surface area contributed by atoms with Crippen LogP contribution in [0.5, 0.6) is 0 Å². The molecule has 0 aromatic rings. The van der Waals surface area contributed by atoms with Gasteiger partial charge in [0.05, 0.1) is 12.6 Å². The molecule has 4 heteroatoms. The second-order valence-electron chi connectivity index (χ2n) is 5.39. The summed E-state index contributed by atoms with van der Waals surface area (Å²) in [5.74, 6) is 0.0138. The van der Waals surface area contributed by atoms with Crippen LogP contribution in [0.3, 0.4) is 0 Å². The number of hydrogen-bond donors (Lipinski definition) is 1. The van der Waals surface area contributed by atoms with Crippen molar-refractivity contribution >= 4 is 5.97 Å². The summed E-state index contributed by atoms with van der Waals surface area (Å²) in [7, 11) is 1.75. The van der Waals surface area contributed by atoms with Crippen molar-refractivity contribution in [2.75, 3.05) is 20.2 Å². The van der Waals surface area contributed by atoms with Crippen LogP contribution in [0.2, 0.25) is 0 Å². The lowest BCUT2D eigenvalue weighted by atomic mass is 9.91. The predicted molar refractivity (Wildman–Crippen MR) is 65.0 cm³/mol. The van der Waals surface area contributed by atoms with Crippen LogP contribution in [0.15, 0.2) is 0 Å². The van der Waals surface area contributed by atoms with E-state index in [0.29, 0.717) is 6.04 Å². The molecule has 0 heterocycles. The van der Waals surface area contributed by atoms with Gasteiger partial charge in [-0.1, -0.05) is 12.8 Å². The third kappa shape index (κ3) is 3.68. The summed E-state index contributed by atoms with van der Waals surface area (Å²) in [4.78, 5) is 13.1. The zero-order valence-electron chi connectivity index (χ0n) is 10.6. The van der Waals surface area contributed by atoms with Crippen LogP contribution >= 0.6 is 0 Å². The van der Waals surface area contributed by atoms with Gasteiger partial charge in [-0.25, -0.2) is 0 Å². The van der Waals surface area contributed by atoms with Gasteiger partial charge in [-0.05, 0) is 31.6 Å². The fourth-order valence-electron chi connectivity index (χ4n) is 2.89. The SMILES string of the molecule is COC1CCCCC1N(CC(=O)O)CC1CC1. The highest BCUT2D eigenvalue weighted by Gasteiger charge is 2.34. The summed E-state index contributed by atoms with van der Waals surface area (Å²) < 4.78 is 5.53. The molecule has 0 bridgehead atoms. The smallest absolute Gasteiger partial charge is 0.317 e. The van der Waals surface area contributed by atoms with Crippen LogP contribution < -0.4 is 0 Å². The van der Waals surface area contributed by atoms with Crippen molar-refractivity contribution in [2.24, 2.45) is 5.92 Å². The molecule has 0 radical (unpaired) electrons. The number of aliphatic carboxylic acids is 1. The third-order valence-electron chi connectivity index (χ3n) is 3.97. The standard InChI is InChI=1S/C13H23NO3/c1-17-12-5-3-2-4-11(12)14(9-13(15)16)8-10-6-7-10/h10-12H,2-9H2,1H3,(H,15,16). The second-order valence-corrected chi connectivity index (χ2v) is 5.39. The van der Waals surface area contributed by atoms with Gasteiger partial charge in [-0.3, -0.25) is 9.69 Å². The Balaban J connectivity index is 1.97. The minimum Gasteiger partial charge on any atom is -0.480 e. The van der Waals surface area contributed by atoms with Crippen molar-refractivity contribution < 1.29 is 14.6 Å². The predicted octanol–water partition coefficient (Wildman–Crippen LogP) is 1.74. The number of carboxylic acid groups (broad SMARTS) is 1. The highest BCUT2D eigenvalue weighted by Crippen LogP contribution is 2.33. The van der Waals surface area contributed by atoms with Gasteiger partial charge in [0.15, 0.2) is 0 Å². The van der Waals surface area contributed by atoms with E-state index >= 15 is 0 Å². The van der Waals surface area contributed by atoms with E-state index in [1.165, 1.54) is 25.7 Å². The Bertz CT molecular complexity index is 265. The Labute approximate surface area is 103 Å². The molecule has 0 aromatic carbocycles. The molecule has 2 saturated carbocycles. The summed E-state index contributed by atoms with van der Waals surface area (Å²) >= 11 is 0. The molecule has 0 saturated heterocycles. The molecule has 2 aliphatic rings. The highest BCUT2D eigenvalue weighted by atomic mass is 16.5. The summed E-state index contributed by atoms with van der Waals surface area (Å²) in [5.41, 5.74) is 0. The zero-order chi connectivity index (χ0) is 12.3. The average molecular weight is 241 g/mol. The average Bonchev–Trinajstić information content (AvgIpc) is 3.11. The van der Waals surface area contributed by atoms with Crippen molar-refractivity contribution in [1.82, 2.24) is 4.90 Å². The van der Waals surface area contributed by atoms with Gasteiger partial charge in [0.1, 0.15) is 0 Å². The monoisotopic (exact) mass is 241 g/mol. The van der Waals surface area contributed by atoms with E-state index in [9.17, 15) is 4.79 Å². The van der Waals surface area contributed by atoms with Crippen molar-refractivity contribution in [3.05, 3.63) is 0 Å². The van der Waals surface area contributed by atoms with Crippen molar-refractivity contribution in [2.45, 2.75) is 50.7 Å². The maximum Gasteiger partial charge on any atom is 0.317 e. The van der Waals surface area contributed by atoms with Gasteiger partial charge in [-0.2, -0.15) is 0 Å². The van der Waals surface area contributed by atoms with E-state index in [4.69, 9.17) is 9.84 Å². The molecule has 0 aliphatic heterocycles. The number of nitrogens with zero attached hydrogens (tertiary/aromatic N) is 1. The lowest BCUT2D eigenvalue weighted by Gasteiger charge is -2.38. The molecule has 0 amide bonds. The topological polar surface area (TPSA) is 49.8 Å². The van der Waals surface area contributed by atoms with Crippen LogP contribution in [0.4, 0.5) is 0 Å². The maximum atomic E-state index is 11.0. The minimum absolute atomic E-state index is 0.168. The molecule has 0 spiro atoms. The molecule has 2 fully saturated rings. The van der Waals surface area contributed by atoms with Crippen molar-refractivity contribution in [3.63, 3.8) is 0 Å². The minimum atomic E-state index is -0.717. The molecule has 98 valence electrons. The van der Waals surface area contributed by atoms with E-state index in [0.717, 1.165) is 25.3 Å². The van der Waals surface area contributed by atoms with E-state index in [1.54, 1.807) is 7.11 Å². The fourth-order valence-corrected chi connectivity index (χ4v) is 2.89. The molecule has 1 N–H and O–H groups in total. The Kier molecular flexibility index (Phi) is 4.40. The van der Waals surface area contributed by atoms with Gasteiger partial charge in [0.2, 0.25) is 0 Å². The molecule has 0 aromatic heterocycles. The molecular weight excluding hydrogens is 218 g/mol. The molecular formula is C13H23NO3. The Morgan fingerprint density at radius 1 is 1.29 bits per heavy atom. The first-order valence-electron chi connectivity index (χ1n) is 6.69. The van der Waals surface area contributed by atoms with E-state index < -0.39 is 5.97 Å². The van der Waals surface area contributed by atoms with Crippen LogP contribution in [-0.2, 0) is 9.53 Å². The fraction of sp³-hybridized carbons (Fsp3) is 0.923. The van der Waals surface area contributed by atoms with Crippen LogP contribution in [-0.4, -0.2) is 48.3 Å². The van der Waals surface area contributed by atoms with Crippen LogP contribution in [0, 0.1) is 5.92 Å². The number of rotatable bonds is 6. The van der Waals surface area contributed by atoms with Crippen LogP contribution in [0.25, 0.3) is 0 Å². The molecule has 2 aliphatic carbocycles. The summed E-state index contributed by atoms with van der Waals surface area (Å²) in [6, 6.07) is 0.311. The van der Waals surface area contributed by atoms with Crippen molar-refractivity contribution in [3.8, 4) is 0 Å². The third-order valence-corrected chi connectivity index (χ3v) is 3.97. The van der Waals surface area contributed by atoms with Crippen LogP contribution in [0.1, 0.15) is 38.5 Å². The normalized spacial score (nSPS) is 29.5. The lowest BCUT2D eigenvalue weighted by Crippen LogP contribution is -2.49. The van der Waals surface area contributed by atoms with E-state index in [2.05, 4.69) is 4.90 Å². The number of hydrogen-bond acceptors (Lipinski definition) is 3. The molecule has 2 unspecified atom stereocenters. The highest BCUT2D eigenvalue weighted by molar-refractivity contribution is 5.69. The zero-order valence-corrected chi connectivity index (χ0v) is 10.6. The van der Waals surface area contributed by atoms with Gasteiger partial charge >= 0.3 is 5.97 Å². The Morgan fingerprint density at radius 2 is 2.00 bits per heavy atom. The van der Waals surface area contributed by atoms with Crippen molar-refractivity contribution in [1.29, 1.82) is 0 Å². The first-order chi connectivity index (χ1) is 8.20. The summed E-state index contributed by atoms with van der Waals surface area (Å²) in [6.07, 6.45) is 7.31. The van der Waals surface area contributed by atoms with Gasteiger partial charge in [0, 0.05) is 19.7 Å². The van der Waals surface area contributed by atoms with Gasteiger partial charge in [-0.15, -0.1) is 0 Å². The Hall–Kier alpha value is -0.610. The van der Waals surface area contributed by atoms with Gasteiger partial charge < -0.3 is 9.84 Å². The first kappa shape index (κ1) is 12.8. The van der Waals surface area contributed by atoms with E-state index in [-0.39, 0.29) is 12.6 Å². The first-order valence-corrected chi connectivity index (χ1v) is 6.69. The quantitative estimate of drug-likeness (QED) is 0.769. The molecule has 17 heavy (non-hydrogen) atoms. The Morgan fingerprint density at radius 3 is 2.59 bits per heavy atom. The number of methoxy groups -OCH3 is 1. The number of carboxylic acids is 1. The summed E-state index contributed by atoms with van der Waals surface area (Å²) in [5, 5.41) is 9.02. The molecule has 4 nitrogen and oxygen atoms in total.